The lowest BCUT2D eigenvalue weighted by Crippen LogP contribution is -2.49. The van der Waals surface area contributed by atoms with Crippen molar-refractivity contribution in [2.75, 3.05) is 43.4 Å². The van der Waals surface area contributed by atoms with E-state index in [4.69, 9.17) is 9.72 Å². The maximum atomic E-state index is 13.0. The molecule has 0 atom stereocenters. The number of anilines is 1. The Hall–Kier alpha value is -2.87. The highest BCUT2D eigenvalue weighted by Gasteiger charge is 2.27. The number of piperazine rings is 1. The molecule has 0 saturated carbocycles. The molecule has 0 bridgehead atoms. The molecule has 1 saturated heterocycles. The van der Waals surface area contributed by atoms with Gasteiger partial charge in [0.1, 0.15) is 5.01 Å². The highest BCUT2D eigenvalue weighted by atomic mass is 32.2. The summed E-state index contributed by atoms with van der Waals surface area (Å²) in [5.41, 5.74) is -0.0672. The van der Waals surface area contributed by atoms with E-state index in [1.807, 2.05) is 16.4 Å². The molecule has 1 amide bonds. The van der Waals surface area contributed by atoms with Gasteiger partial charge in [0.15, 0.2) is 15.5 Å². The van der Waals surface area contributed by atoms with Gasteiger partial charge in [-0.2, -0.15) is 4.98 Å². The molecule has 0 unspecified atom stereocenters. The third-order valence-corrected chi connectivity index (χ3v) is 7.42. The maximum Gasteiger partial charge on any atom is 0.409 e. The van der Waals surface area contributed by atoms with Gasteiger partial charge in [-0.25, -0.2) is 9.59 Å². The second-order valence-electron chi connectivity index (χ2n) is 7.55. The molecule has 4 heterocycles. The molecule has 0 radical (unpaired) electrons. The van der Waals surface area contributed by atoms with E-state index in [0.29, 0.717) is 62.2 Å². The van der Waals surface area contributed by atoms with Gasteiger partial charge < -0.3 is 19.1 Å². The van der Waals surface area contributed by atoms with Crippen molar-refractivity contribution in [3.63, 3.8) is 0 Å². The fourth-order valence-electron chi connectivity index (χ4n) is 3.75. The van der Waals surface area contributed by atoms with Gasteiger partial charge in [-0.15, -0.1) is 10.2 Å². The van der Waals surface area contributed by atoms with E-state index >= 15 is 0 Å². The molecule has 0 spiro atoms. The molecule has 3 aromatic heterocycles. The Labute approximate surface area is 197 Å². The summed E-state index contributed by atoms with van der Waals surface area (Å²) in [6, 6.07) is 0. The number of carbonyl (C=O) groups is 1. The zero-order valence-corrected chi connectivity index (χ0v) is 20.6. The zero-order chi connectivity index (χ0) is 23.7. The molecule has 178 valence electrons. The molecule has 0 aliphatic carbocycles. The van der Waals surface area contributed by atoms with Crippen LogP contribution in [0.2, 0.25) is 0 Å². The topological polar surface area (TPSA) is 120 Å². The summed E-state index contributed by atoms with van der Waals surface area (Å²) in [7, 11) is 3.08. The summed E-state index contributed by atoms with van der Waals surface area (Å²) >= 11 is 3.08. The molecule has 0 aromatic carbocycles. The molecule has 1 fully saturated rings. The Bertz CT molecular complexity index is 1290. The predicted octanol–water partition coefficient (Wildman–Crippen LogP) is 0.664. The van der Waals surface area contributed by atoms with Crippen molar-refractivity contribution in [1.29, 1.82) is 0 Å². The Morgan fingerprint density at radius 2 is 1.85 bits per heavy atom. The summed E-state index contributed by atoms with van der Waals surface area (Å²) in [5.74, 6) is 1.27. The lowest BCUT2D eigenvalue weighted by Gasteiger charge is -2.34. The number of imidazole rings is 1. The molecule has 12 nitrogen and oxygen atoms in total. The number of amides is 1. The summed E-state index contributed by atoms with van der Waals surface area (Å²) in [6.45, 7) is 6.57. The molecule has 4 rings (SSSR count). The highest BCUT2D eigenvalue weighted by molar-refractivity contribution is 8.01. The van der Waals surface area contributed by atoms with Crippen LogP contribution in [0.25, 0.3) is 11.2 Å². The van der Waals surface area contributed by atoms with Crippen LogP contribution in [0.4, 0.5) is 10.7 Å². The average Bonchev–Trinajstić information content (AvgIpc) is 3.40. The number of nitrogens with zero attached hydrogens (tertiary/aromatic N) is 8. The predicted molar refractivity (Wildman–Crippen MR) is 126 cm³/mol. The lowest BCUT2D eigenvalue weighted by molar-refractivity contribution is 0.105. The van der Waals surface area contributed by atoms with Gasteiger partial charge in [0.05, 0.1) is 6.61 Å². The summed E-state index contributed by atoms with van der Waals surface area (Å²) < 4.78 is 10.3. The first-order valence-corrected chi connectivity index (χ1v) is 12.4. The van der Waals surface area contributed by atoms with E-state index < -0.39 is 5.69 Å². The normalized spacial score (nSPS) is 14.3. The Morgan fingerprint density at radius 1 is 1.12 bits per heavy atom. The van der Waals surface area contributed by atoms with Crippen LogP contribution in [0, 0.1) is 6.92 Å². The minimum absolute atomic E-state index is 0.328. The number of aromatic nitrogens is 6. The largest absolute Gasteiger partial charge is 0.450 e. The number of aryl methyl sites for hydroxylation is 3. The van der Waals surface area contributed by atoms with Crippen LogP contribution in [0.15, 0.2) is 13.9 Å². The van der Waals surface area contributed by atoms with Gasteiger partial charge in [-0.05, 0) is 13.8 Å². The number of hydrogen-bond donors (Lipinski definition) is 0. The Kier molecular flexibility index (Phi) is 6.74. The van der Waals surface area contributed by atoms with Crippen LogP contribution >= 0.6 is 23.1 Å². The van der Waals surface area contributed by atoms with Gasteiger partial charge in [-0.1, -0.05) is 23.1 Å². The quantitative estimate of drug-likeness (QED) is 0.455. The van der Waals surface area contributed by atoms with Crippen LogP contribution in [0.5, 0.6) is 0 Å². The first-order valence-electron chi connectivity index (χ1n) is 10.6. The van der Waals surface area contributed by atoms with Gasteiger partial charge in [0, 0.05) is 52.6 Å². The van der Waals surface area contributed by atoms with Crippen LogP contribution < -0.4 is 16.1 Å². The minimum Gasteiger partial charge on any atom is -0.450 e. The van der Waals surface area contributed by atoms with Gasteiger partial charge >= 0.3 is 11.8 Å². The Morgan fingerprint density at radius 3 is 2.48 bits per heavy atom. The van der Waals surface area contributed by atoms with E-state index in [1.54, 1.807) is 30.6 Å². The number of rotatable bonds is 6. The second kappa shape index (κ2) is 9.55. The van der Waals surface area contributed by atoms with Gasteiger partial charge in [0.2, 0.25) is 5.95 Å². The first kappa shape index (κ1) is 23.3. The number of carbonyl (C=O) groups excluding carboxylic acids is 1. The van der Waals surface area contributed by atoms with E-state index in [2.05, 4.69) is 10.2 Å². The van der Waals surface area contributed by atoms with E-state index in [9.17, 15) is 14.4 Å². The summed E-state index contributed by atoms with van der Waals surface area (Å²) in [5, 5.41) is 9.08. The molecular weight excluding hydrogens is 468 g/mol. The fraction of sp³-hybridized carbons (Fsp3) is 0.579. The lowest BCUT2D eigenvalue weighted by atomic mass is 10.3. The third kappa shape index (κ3) is 4.49. The molecule has 0 N–H and O–H groups in total. The molecule has 1 aliphatic rings. The highest BCUT2D eigenvalue weighted by Crippen LogP contribution is 2.25. The first-order chi connectivity index (χ1) is 15.8. The molecule has 3 aromatic rings. The summed E-state index contributed by atoms with van der Waals surface area (Å²) in [4.78, 5) is 46.0. The van der Waals surface area contributed by atoms with Crippen molar-refractivity contribution < 1.29 is 9.53 Å². The van der Waals surface area contributed by atoms with Crippen molar-refractivity contribution >= 4 is 46.3 Å². The maximum absolute atomic E-state index is 13.0. The van der Waals surface area contributed by atoms with Gasteiger partial charge in [0.25, 0.3) is 5.56 Å². The number of ether oxygens (including phenoxy) is 1. The zero-order valence-electron chi connectivity index (χ0n) is 19.0. The monoisotopic (exact) mass is 494 g/mol. The second-order valence-corrected chi connectivity index (χ2v) is 10.1. The smallest absolute Gasteiger partial charge is 0.409 e. The van der Waals surface area contributed by atoms with E-state index in [-0.39, 0.29) is 11.7 Å². The van der Waals surface area contributed by atoms with Crippen molar-refractivity contribution in [3.05, 3.63) is 25.8 Å². The molecular formula is C19H26N8O4S2. The third-order valence-electron chi connectivity index (χ3n) is 5.46. The standard InChI is InChI=1S/C19H26N8O4S2/c1-5-31-19(30)26-8-6-25(7-9-26)16-20-14-13(15(28)24(4)18(29)23(14)3)27(16)10-11-32-17-22-21-12(2)33-17/h5-11H2,1-4H3. The number of thioether (sulfide) groups is 1. The van der Waals surface area contributed by atoms with Crippen molar-refractivity contribution in [2.45, 2.75) is 24.7 Å². The van der Waals surface area contributed by atoms with Crippen LogP contribution in [0.1, 0.15) is 11.9 Å². The molecule has 14 heteroatoms. The summed E-state index contributed by atoms with van der Waals surface area (Å²) in [6.07, 6.45) is -0.328. The van der Waals surface area contributed by atoms with Crippen molar-refractivity contribution in [2.24, 2.45) is 14.1 Å². The minimum atomic E-state index is -0.422. The van der Waals surface area contributed by atoms with Crippen LogP contribution in [-0.2, 0) is 25.4 Å². The molecule has 33 heavy (non-hydrogen) atoms. The van der Waals surface area contributed by atoms with E-state index in [1.165, 1.54) is 23.0 Å². The fourth-order valence-corrected chi connectivity index (χ4v) is 5.56. The molecule has 1 aliphatic heterocycles. The SMILES string of the molecule is CCOC(=O)N1CCN(c2nc3c(c(=O)n(C)c(=O)n3C)n2CCSc2nnc(C)s2)CC1. The number of hydrogen-bond acceptors (Lipinski definition) is 10. The van der Waals surface area contributed by atoms with Gasteiger partial charge in [-0.3, -0.25) is 13.9 Å². The Balaban J connectivity index is 1.66. The van der Waals surface area contributed by atoms with Crippen LogP contribution in [-0.4, -0.2) is 78.4 Å². The van der Waals surface area contributed by atoms with Crippen molar-refractivity contribution in [1.82, 2.24) is 33.8 Å². The van der Waals surface area contributed by atoms with Crippen molar-refractivity contribution in [3.8, 4) is 0 Å². The average molecular weight is 495 g/mol. The van der Waals surface area contributed by atoms with E-state index in [0.717, 1.165) is 13.9 Å². The van der Waals surface area contributed by atoms with Crippen LogP contribution in [0.3, 0.4) is 0 Å². The number of fused-ring (bicyclic) bond motifs is 1.